The molecule has 1 fully saturated rings. The molecular formula is C13H20ClN3O2. The largest absolute Gasteiger partial charge is 0.506 e. The molecule has 1 heterocycles. The maximum absolute atomic E-state index is 11.7. The average Bonchev–Trinajstić information content (AvgIpc) is 2.38. The lowest BCUT2D eigenvalue weighted by Crippen LogP contribution is -2.52. The van der Waals surface area contributed by atoms with Gasteiger partial charge in [-0.25, -0.2) is 0 Å². The first-order valence-corrected chi connectivity index (χ1v) is 6.17. The van der Waals surface area contributed by atoms with Crippen molar-refractivity contribution >= 4 is 24.0 Å². The van der Waals surface area contributed by atoms with Crippen molar-refractivity contribution in [2.45, 2.75) is 13.0 Å². The van der Waals surface area contributed by atoms with Gasteiger partial charge in [0.1, 0.15) is 5.75 Å². The highest BCUT2D eigenvalue weighted by atomic mass is 35.5. The number of carbonyl (C=O) groups excluding carboxylic acids is 1. The van der Waals surface area contributed by atoms with Crippen LogP contribution in [0.4, 0.5) is 5.69 Å². The van der Waals surface area contributed by atoms with Gasteiger partial charge in [0.25, 0.3) is 0 Å². The van der Waals surface area contributed by atoms with Gasteiger partial charge in [0, 0.05) is 26.2 Å². The number of halogens is 1. The van der Waals surface area contributed by atoms with Crippen molar-refractivity contribution in [3.8, 4) is 5.75 Å². The minimum absolute atomic E-state index is 0. The lowest BCUT2D eigenvalue weighted by atomic mass is 10.2. The second-order valence-electron chi connectivity index (χ2n) is 4.59. The molecule has 5 nitrogen and oxygen atoms in total. The molecule has 106 valence electrons. The zero-order valence-corrected chi connectivity index (χ0v) is 11.8. The first-order chi connectivity index (χ1) is 8.59. The highest BCUT2D eigenvalue weighted by Gasteiger charge is 2.23. The van der Waals surface area contributed by atoms with Gasteiger partial charge in [0.05, 0.1) is 11.7 Å². The number of carbonyl (C=O) groups is 1. The Morgan fingerprint density at radius 1 is 1.26 bits per heavy atom. The van der Waals surface area contributed by atoms with Crippen molar-refractivity contribution < 1.29 is 9.90 Å². The maximum Gasteiger partial charge on any atom is 0.239 e. The number of rotatable bonds is 2. The Morgan fingerprint density at radius 3 is 2.37 bits per heavy atom. The highest BCUT2D eigenvalue weighted by molar-refractivity contribution is 5.85. The molecule has 0 aliphatic carbocycles. The maximum atomic E-state index is 11.7. The first kappa shape index (κ1) is 15.6. The minimum Gasteiger partial charge on any atom is -0.506 e. The summed E-state index contributed by atoms with van der Waals surface area (Å²) in [6, 6.07) is 6.82. The normalized spacial score (nSPS) is 16.7. The van der Waals surface area contributed by atoms with E-state index in [4.69, 9.17) is 5.73 Å². The predicted molar refractivity (Wildman–Crippen MR) is 77.8 cm³/mol. The molecule has 1 amide bonds. The summed E-state index contributed by atoms with van der Waals surface area (Å²) < 4.78 is 0. The second kappa shape index (κ2) is 6.63. The van der Waals surface area contributed by atoms with Gasteiger partial charge in [-0.2, -0.15) is 0 Å². The molecule has 1 saturated heterocycles. The van der Waals surface area contributed by atoms with Crippen LogP contribution in [-0.4, -0.2) is 48.1 Å². The van der Waals surface area contributed by atoms with Gasteiger partial charge in [0.2, 0.25) is 5.91 Å². The zero-order chi connectivity index (χ0) is 13.1. The van der Waals surface area contributed by atoms with Crippen molar-refractivity contribution in [1.29, 1.82) is 0 Å². The fraction of sp³-hybridized carbons (Fsp3) is 0.462. The molecule has 0 bridgehead atoms. The van der Waals surface area contributed by atoms with Gasteiger partial charge in [0.15, 0.2) is 0 Å². The number of aromatic hydroxyl groups is 1. The molecule has 0 spiro atoms. The van der Waals surface area contributed by atoms with E-state index in [2.05, 4.69) is 4.90 Å². The lowest BCUT2D eigenvalue weighted by Gasteiger charge is -2.36. The Kier molecular flexibility index (Phi) is 5.44. The molecule has 0 radical (unpaired) electrons. The number of phenols is 1. The summed E-state index contributed by atoms with van der Waals surface area (Å²) in [5.41, 5.74) is 6.42. The third kappa shape index (κ3) is 3.52. The van der Waals surface area contributed by atoms with E-state index in [1.165, 1.54) is 0 Å². The van der Waals surface area contributed by atoms with Crippen LogP contribution in [0.25, 0.3) is 0 Å². The Morgan fingerprint density at radius 2 is 1.84 bits per heavy atom. The number of para-hydroxylation sites is 2. The number of phenolic OH excluding ortho intramolecular Hbond substituents is 1. The van der Waals surface area contributed by atoms with Crippen LogP contribution >= 0.6 is 12.4 Å². The number of amides is 1. The van der Waals surface area contributed by atoms with Crippen molar-refractivity contribution in [3.05, 3.63) is 24.3 Å². The van der Waals surface area contributed by atoms with E-state index in [0.717, 1.165) is 18.8 Å². The van der Waals surface area contributed by atoms with Crippen molar-refractivity contribution in [1.82, 2.24) is 4.90 Å². The molecule has 6 heteroatoms. The summed E-state index contributed by atoms with van der Waals surface area (Å²) in [6.45, 7) is 4.44. The Balaban J connectivity index is 0.00000180. The third-order valence-electron chi connectivity index (χ3n) is 3.20. The SMILES string of the molecule is C[C@@H](N)C(=O)N1CCN(c2ccccc2O)CC1.Cl. The van der Waals surface area contributed by atoms with Crippen LogP contribution < -0.4 is 10.6 Å². The molecule has 19 heavy (non-hydrogen) atoms. The molecule has 1 aliphatic heterocycles. The van der Waals surface area contributed by atoms with E-state index < -0.39 is 6.04 Å². The van der Waals surface area contributed by atoms with Gasteiger partial charge >= 0.3 is 0 Å². The Labute approximate surface area is 119 Å². The van der Waals surface area contributed by atoms with E-state index in [0.29, 0.717) is 13.1 Å². The standard InChI is InChI=1S/C13H19N3O2.ClH/c1-10(14)13(18)16-8-6-15(7-9-16)11-4-2-3-5-12(11)17;/h2-5,10,17H,6-9,14H2,1H3;1H/t10-;/m1./s1. The van der Waals surface area contributed by atoms with Crippen LogP contribution in [-0.2, 0) is 4.79 Å². The summed E-state index contributed by atoms with van der Waals surface area (Å²) in [5, 5.41) is 9.78. The van der Waals surface area contributed by atoms with E-state index in [9.17, 15) is 9.90 Å². The van der Waals surface area contributed by atoms with Crippen LogP contribution in [0.3, 0.4) is 0 Å². The van der Waals surface area contributed by atoms with E-state index in [1.807, 2.05) is 12.1 Å². The molecule has 0 unspecified atom stereocenters. The molecule has 1 aromatic carbocycles. The number of piperazine rings is 1. The monoisotopic (exact) mass is 285 g/mol. The topological polar surface area (TPSA) is 69.8 Å². The van der Waals surface area contributed by atoms with Crippen molar-refractivity contribution in [3.63, 3.8) is 0 Å². The van der Waals surface area contributed by atoms with E-state index in [-0.39, 0.29) is 24.1 Å². The second-order valence-corrected chi connectivity index (χ2v) is 4.59. The van der Waals surface area contributed by atoms with Crippen LogP contribution in [0.15, 0.2) is 24.3 Å². The minimum atomic E-state index is -0.443. The van der Waals surface area contributed by atoms with E-state index >= 15 is 0 Å². The third-order valence-corrected chi connectivity index (χ3v) is 3.20. The zero-order valence-electron chi connectivity index (χ0n) is 11.0. The van der Waals surface area contributed by atoms with Crippen LogP contribution in [0, 0.1) is 0 Å². The first-order valence-electron chi connectivity index (χ1n) is 6.17. The predicted octanol–water partition coefficient (Wildman–Crippen LogP) is 0.810. The fourth-order valence-corrected chi connectivity index (χ4v) is 2.19. The molecule has 1 aliphatic rings. The number of hydrogen-bond acceptors (Lipinski definition) is 4. The van der Waals surface area contributed by atoms with E-state index in [1.54, 1.807) is 24.0 Å². The molecule has 2 rings (SSSR count). The summed E-state index contributed by atoms with van der Waals surface area (Å²) in [5.74, 6) is 0.274. The molecule has 0 aromatic heterocycles. The number of nitrogens with zero attached hydrogens (tertiary/aromatic N) is 2. The van der Waals surface area contributed by atoms with Crippen LogP contribution in [0.2, 0.25) is 0 Å². The summed E-state index contributed by atoms with van der Waals surface area (Å²) in [7, 11) is 0. The lowest BCUT2D eigenvalue weighted by molar-refractivity contribution is -0.132. The molecule has 1 aromatic rings. The quantitative estimate of drug-likeness (QED) is 0.844. The van der Waals surface area contributed by atoms with Gasteiger partial charge in [-0.15, -0.1) is 12.4 Å². The smallest absolute Gasteiger partial charge is 0.239 e. The number of hydrogen-bond donors (Lipinski definition) is 2. The van der Waals surface area contributed by atoms with Crippen LogP contribution in [0.1, 0.15) is 6.92 Å². The molecule has 1 atom stereocenters. The fourth-order valence-electron chi connectivity index (χ4n) is 2.19. The van der Waals surface area contributed by atoms with Crippen LogP contribution in [0.5, 0.6) is 5.75 Å². The number of anilines is 1. The molecule has 0 saturated carbocycles. The molecular weight excluding hydrogens is 266 g/mol. The summed E-state index contributed by atoms with van der Waals surface area (Å²) in [4.78, 5) is 15.6. The average molecular weight is 286 g/mol. The summed E-state index contributed by atoms with van der Waals surface area (Å²) in [6.07, 6.45) is 0. The molecule has 3 N–H and O–H groups in total. The Bertz CT molecular complexity index is 432. The number of nitrogens with two attached hydrogens (primary N) is 1. The van der Waals surface area contributed by atoms with Crippen molar-refractivity contribution in [2.75, 3.05) is 31.1 Å². The van der Waals surface area contributed by atoms with Gasteiger partial charge < -0.3 is 20.6 Å². The number of benzene rings is 1. The van der Waals surface area contributed by atoms with Gasteiger partial charge in [-0.3, -0.25) is 4.79 Å². The highest BCUT2D eigenvalue weighted by Crippen LogP contribution is 2.27. The van der Waals surface area contributed by atoms with Gasteiger partial charge in [-0.05, 0) is 19.1 Å². The summed E-state index contributed by atoms with van der Waals surface area (Å²) >= 11 is 0. The Hall–Kier alpha value is -1.46. The van der Waals surface area contributed by atoms with Crippen molar-refractivity contribution in [2.24, 2.45) is 5.73 Å². The van der Waals surface area contributed by atoms with Gasteiger partial charge in [-0.1, -0.05) is 12.1 Å².